The van der Waals surface area contributed by atoms with Gasteiger partial charge in [-0.15, -0.1) is 0 Å². The van der Waals surface area contributed by atoms with Crippen LogP contribution in [0.5, 0.6) is 0 Å². The molecule has 2 aliphatic rings. The average molecular weight is 319 g/mol. The van der Waals surface area contributed by atoms with Crippen LogP contribution in [-0.4, -0.2) is 30.7 Å². The smallest absolute Gasteiger partial charge is 0.409 e. The molecule has 3 heteroatoms. The van der Waals surface area contributed by atoms with E-state index >= 15 is 0 Å². The SMILES string of the molecule is C=C1CC(N(C)C(=O)OCC2c3ccccc3-c3ccccc32)C1. The zero-order chi connectivity index (χ0) is 16.7. The van der Waals surface area contributed by atoms with Crippen molar-refractivity contribution in [3.05, 3.63) is 71.8 Å². The van der Waals surface area contributed by atoms with Crippen LogP contribution in [0.2, 0.25) is 0 Å². The van der Waals surface area contributed by atoms with Crippen LogP contribution < -0.4 is 0 Å². The maximum atomic E-state index is 12.3. The van der Waals surface area contributed by atoms with Gasteiger partial charge in [-0.05, 0) is 35.1 Å². The molecule has 24 heavy (non-hydrogen) atoms. The molecular formula is C21H21NO2. The fourth-order valence-corrected chi connectivity index (χ4v) is 3.73. The van der Waals surface area contributed by atoms with Crippen LogP contribution >= 0.6 is 0 Å². The highest BCUT2D eigenvalue weighted by atomic mass is 16.6. The lowest BCUT2D eigenvalue weighted by Gasteiger charge is -2.35. The molecule has 1 fully saturated rings. The molecule has 0 heterocycles. The van der Waals surface area contributed by atoms with Crippen molar-refractivity contribution in [3.8, 4) is 11.1 Å². The molecule has 0 atom stereocenters. The van der Waals surface area contributed by atoms with Gasteiger partial charge in [0.25, 0.3) is 0 Å². The van der Waals surface area contributed by atoms with Crippen molar-refractivity contribution >= 4 is 6.09 Å². The maximum Gasteiger partial charge on any atom is 0.409 e. The van der Waals surface area contributed by atoms with E-state index in [2.05, 4.69) is 43.0 Å². The molecule has 122 valence electrons. The summed E-state index contributed by atoms with van der Waals surface area (Å²) in [4.78, 5) is 14.0. The normalized spacial score (nSPS) is 16.3. The Hall–Kier alpha value is -2.55. The Labute approximate surface area is 142 Å². The number of carbonyl (C=O) groups excluding carboxylic acids is 1. The van der Waals surface area contributed by atoms with Crippen LogP contribution in [0.15, 0.2) is 60.7 Å². The number of fused-ring (bicyclic) bond motifs is 3. The van der Waals surface area contributed by atoms with Gasteiger partial charge < -0.3 is 9.64 Å². The molecule has 0 unspecified atom stereocenters. The fourth-order valence-electron chi connectivity index (χ4n) is 3.73. The summed E-state index contributed by atoms with van der Waals surface area (Å²) in [7, 11) is 1.82. The molecule has 0 aliphatic heterocycles. The summed E-state index contributed by atoms with van der Waals surface area (Å²) in [6.45, 7) is 4.31. The first-order valence-corrected chi connectivity index (χ1v) is 8.39. The van der Waals surface area contributed by atoms with E-state index in [1.165, 1.54) is 27.8 Å². The molecular weight excluding hydrogens is 298 g/mol. The molecule has 0 aromatic heterocycles. The van der Waals surface area contributed by atoms with Gasteiger partial charge in [0.1, 0.15) is 6.61 Å². The Bertz CT molecular complexity index is 757. The van der Waals surface area contributed by atoms with E-state index in [-0.39, 0.29) is 18.1 Å². The average Bonchev–Trinajstić information content (AvgIpc) is 2.90. The van der Waals surface area contributed by atoms with Gasteiger partial charge in [0.2, 0.25) is 0 Å². The van der Waals surface area contributed by atoms with Crippen LogP contribution in [0.1, 0.15) is 29.9 Å². The highest BCUT2D eigenvalue weighted by Gasteiger charge is 2.32. The Morgan fingerprint density at radius 3 is 2.17 bits per heavy atom. The lowest BCUT2D eigenvalue weighted by molar-refractivity contribution is 0.0875. The highest BCUT2D eigenvalue weighted by Crippen LogP contribution is 2.44. The minimum atomic E-state index is -0.241. The minimum Gasteiger partial charge on any atom is -0.448 e. The first kappa shape index (κ1) is 15.0. The van der Waals surface area contributed by atoms with Crippen molar-refractivity contribution in [2.24, 2.45) is 0 Å². The first-order valence-electron chi connectivity index (χ1n) is 8.39. The van der Waals surface area contributed by atoms with Crippen LogP contribution in [0.4, 0.5) is 4.79 Å². The van der Waals surface area contributed by atoms with Gasteiger partial charge in [-0.3, -0.25) is 0 Å². The Balaban J connectivity index is 1.50. The summed E-state index contributed by atoms with van der Waals surface area (Å²) in [5.74, 6) is 0.117. The molecule has 0 spiro atoms. The zero-order valence-electron chi connectivity index (χ0n) is 13.9. The molecule has 1 saturated carbocycles. The van der Waals surface area contributed by atoms with Gasteiger partial charge in [-0.2, -0.15) is 0 Å². The van der Waals surface area contributed by atoms with Crippen LogP contribution in [0.3, 0.4) is 0 Å². The molecule has 4 rings (SSSR count). The number of benzene rings is 2. The quantitative estimate of drug-likeness (QED) is 0.775. The van der Waals surface area contributed by atoms with E-state index in [1.807, 2.05) is 19.2 Å². The van der Waals surface area contributed by atoms with Gasteiger partial charge >= 0.3 is 6.09 Å². The van der Waals surface area contributed by atoms with Gasteiger partial charge in [0, 0.05) is 19.0 Å². The Morgan fingerprint density at radius 1 is 1.08 bits per heavy atom. The summed E-state index contributed by atoms with van der Waals surface area (Å²) < 4.78 is 5.65. The standard InChI is InChI=1S/C21H21NO2/c1-14-11-15(12-14)22(2)21(23)24-13-20-18-9-5-3-7-16(18)17-8-4-6-10-19(17)20/h3-10,15,20H,1,11-13H2,2H3. The van der Waals surface area contributed by atoms with Crippen LogP contribution in [0, 0.1) is 0 Å². The minimum absolute atomic E-state index is 0.117. The molecule has 0 saturated heterocycles. The first-order chi connectivity index (χ1) is 11.6. The van der Waals surface area contributed by atoms with E-state index in [4.69, 9.17) is 4.74 Å². The van der Waals surface area contributed by atoms with Crippen molar-refractivity contribution in [2.45, 2.75) is 24.8 Å². The largest absolute Gasteiger partial charge is 0.448 e. The lowest BCUT2D eigenvalue weighted by atomic mass is 9.87. The van der Waals surface area contributed by atoms with E-state index in [1.54, 1.807) is 4.90 Å². The molecule has 2 aliphatic carbocycles. The summed E-state index contributed by atoms with van der Waals surface area (Å²) in [6.07, 6.45) is 1.54. The van der Waals surface area contributed by atoms with Gasteiger partial charge in [0.15, 0.2) is 0 Å². The number of hydrogen-bond donors (Lipinski definition) is 0. The molecule has 0 radical (unpaired) electrons. The summed E-state index contributed by atoms with van der Waals surface area (Å²) in [6, 6.07) is 17.0. The van der Waals surface area contributed by atoms with E-state index in [0.717, 1.165) is 12.8 Å². The van der Waals surface area contributed by atoms with Crippen molar-refractivity contribution in [1.29, 1.82) is 0 Å². The Morgan fingerprint density at radius 2 is 1.62 bits per heavy atom. The second-order valence-electron chi connectivity index (χ2n) is 6.73. The monoisotopic (exact) mass is 319 g/mol. The summed E-state index contributed by atoms with van der Waals surface area (Å²) in [5, 5.41) is 0. The van der Waals surface area contributed by atoms with Crippen molar-refractivity contribution < 1.29 is 9.53 Å². The van der Waals surface area contributed by atoms with Crippen LogP contribution in [0.25, 0.3) is 11.1 Å². The van der Waals surface area contributed by atoms with E-state index in [9.17, 15) is 4.79 Å². The zero-order valence-corrected chi connectivity index (χ0v) is 13.9. The number of ether oxygens (including phenoxy) is 1. The molecule has 0 bridgehead atoms. The molecule has 3 nitrogen and oxygen atoms in total. The third-order valence-electron chi connectivity index (χ3n) is 5.22. The van der Waals surface area contributed by atoms with E-state index < -0.39 is 0 Å². The second-order valence-corrected chi connectivity index (χ2v) is 6.73. The molecule has 0 N–H and O–H groups in total. The van der Waals surface area contributed by atoms with Gasteiger partial charge in [-0.25, -0.2) is 4.79 Å². The van der Waals surface area contributed by atoms with E-state index in [0.29, 0.717) is 6.61 Å². The van der Waals surface area contributed by atoms with Crippen molar-refractivity contribution in [1.82, 2.24) is 4.90 Å². The second kappa shape index (κ2) is 5.82. The number of nitrogens with zero attached hydrogens (tertiary/aromatic N) is 1. The predicted octanol–water partition coefficient (Wildman–Crippen LogP) is 4.59. The predicted molar refractivity (Wildman–Crippen MR) is 95.0 cm³/mol. The van der Waals surface area contributed by atoms with Gasteiger partial charge in [-0.1, -0.05) is 60.7 Å². The number of rotatable bonds is 3. The molecule has 1 amide bonds. The summed E-state index contributed by atoms with van der Waals surface area (Å²) >= 11 is 0. The van der Waals surface area contributed by atoms with Crippen LogP contribution in [-0.2, 0) is 4.74 Å². The van der Waals surface area contributed by atoms with Crippen molar-refractivity contribution in [2.75, 3.05) is 13.7 Å². The third-order valence-corrected chi connectivity index (χ3v) is 5.22. The number of hydrogen-bond acceptors (Lipinski definition) is 2. The van der Waals surface area contributed by atoms with Gasteiger partial charge in [0.05, 0.1) is 0 Å². The summed E-state index contributed by atoms with van der Waals surface area (Å²) in [5.41, 5.74) is 6.19. The molecule has 2 aromatic carbocycles. The topological polar surface area (TPSA) is 29.5 Å². The number of amides is 1. The lowest BCUT2D eigenvalue weighted by Crippen LogP contribution is -2.42. The third kappa shape index (κ3) is 2.41. The molecule has 2 aromatic rings. The van der Waals surface area contributed by atoms with Crippen molar-refractivity contribution in [3.63, 3.8) is 0 Å². The Kier molecular flexibility index (Phi) is 3.64. The number of carbonyl (C=O) groups is 1. The maximum absolute atomic E-state index is 12.3. The fraction of sp³-hybridized carbons (Fsp3) is 0.286. The highest BCUT2D eigenvalue weighted by molar-refractivity contribution is 5.79.